The fourth-order valence-corrected chi connectivity index (χ4v) is 2.63. The Bertz CT molecular complexity index is 936. The third-order valence-electron chi connectivity index (χ3n) is 3.77. The van der Waals surface area contributed by atoms with E-state index in [9.17, 15) is 13.6 Å². The minimum Gasteiger partial charge on any atom is -0.435 e. The summed E-state index contributed by atoms with van der Waals surface area (Å²) in [6.45, 7) is 2.89. The number of aryl methyl sites for hydroxylation is 1. The molecule has 0 atom stereocenters. The van der Waals surface area contributed by atoms with Gasteiger partial charge in [-0.25, -0.2) is 9.67 Å². The number of hydrogen-bond acceptors (Lipinski definition) is 4. The standard InChI is InChI=1S/C18H18F2N4O2/c1-10(2)24-16-15(9-21-24)14(8-11(3)22-16)17(25)23-12-4-6-13(7-5-12)26-18(19)20/h4-10,18H,1-3H3,(H,23,25). The second-order valence-electron chi connectivity index (χ2n) is 6.09. The number of pyridine rings is 1. The molecule has 0 aliphatic rings. The highest BCUT2D eigenvalue weighted by atomic mass is 19.3. The highest BCUT2D eigenvalue weighted by molar-refractivity contribution is 6.12. The van der Waals surface area contributed by atoms with Gasteiger partial charge in [-0.3, -0.25) is 4.79 Å². The molecule has 0 aliphatic heterocycles. The molecule has 0 spiro atoms. The highest BCUT2D eigenvalue weighted by Gasteiger charge is 2.17. The van der Waals surface area contributed by atoms with Crippen molar-refractivity contribution in [2.24, 2.45) is 0 Å². The molecule has 3 aromatic rings. The Morgan fingerprint density at radius 3 is 2.54 bits per heavy atom. The molecule has 0 unspecified atom stereocenters. The lowest BCUT2D eigenvalue weighted by atomic mass is 10.1. The first kappa shape index (κ1) is 17.8. The fraction of sp³-hybridized carbons (Fsp3) is 0.278. The van der Waals surface area contributed by atoms with Crippen LogP contribution in [-0.4, -0.2) is 27.3 Å². The molecule has 0 radical (unpaired) electrons. The maximum absolute atomic E-state index is 12.7. The van der Waals surface area contributed by atoms with E-state index in [2.05, 4.69) is 20.1 Å². The number of rotatable bonds is 5. The Morgan fingerprint density at radius 2 is 1.92 bits per heavy atom. The first-order valence-corrected chi connectivity index (χ1v) is 8.06. The summed E-state index contributed by atoms with van der Waals surface area (Å²) in [5.41, 5.74) is 2.26. The Labute approximate surface area is 148 Å². The summed E-state index contributed by atoms with van der Waals surface area (Å²) < 4.78 is 30.4. The van der Waals surface area contributed by atoms with E-state index >= 15 is 0 Å². The molecule has 1 amide bonds. The first-order chi connectivity index (χ1) is 12.3. The number of carbonyl (C=O) groups is 1. The van der Waals surface area contributed by atoms with E-state index in [-0.39, 0.29) is 17.7 Å². The van der Waals surface area contributed by atoms with Gasteiger partial charge in [-0.1, -0.05) is 0 Å². The van der Waals surface area contributed by atoms with Crippen LogP contribution >= 0.6 is 0 Å². The van der Waals surface area contributed by atoms with Crippen LogP contribution < -0.4 is 10.1 Å². The molecule has 0 aliphatic carbocycles. The minimum atomic E-state index is -2.89. The van der Waals surface area contributed by atoms with E-state index in [0.717, 1.165) is 0 Å². The van der Waals surface area contributed by atoms with Crippen LogP contribution in [0.4, 0.5) is 14.5 Å². The number of alkyl halides is 2. The zero-order chi connectivity index (χ0) is 18.8. The fourth-order valence-electron chi connectivity index (χ4n) is 2.63. The second kappa shape index (κ2) is 7.07. The Kier molecular flexibility index (Phi) is 4.83. The Balaban J connectivity index is 1.88. The van der Waals surface area contributed by atoms with Gasteiger partial charge in [-0.2, -0.15) is 13.9 Å². The van der Waals surface area contributed by atoms with Crippen LogP contribution in [0, 0.1) is 6.92 Å². The quantitative estimate of drug-likeness (QED) is 0.741. The predicted octanol–water partition coefficient (Wildman–Crippen LogP) is 4.17. The van der Waals surface area contributed by atoms with Gasteiger partial charge in [0.15, 0.2) is 5.65 Å². The number of anilines is 1. The molecule has 136 valence electrons. The van der Waals surface area contributed by atoms with Crippen molar-refractivity contribution < 1.29 is 18.3 Å². The second-order valence-corrected chi connectivity index (χ2v) is 6.09. The first-order valence-electron chi connectivity index (χ1n) is 8.06. The van der Waals surface area contributed by atoms with Gasteiger partial charge in [0.2, 0.25) is 0 Å². The van der Waals surface area contributed by atoms with Gasteiger partial charge >= 0.3 is 6.61 Å². The van der Waals surface area contributed by atoms with Gasteiger partial charge < -0.3 is 10.1 Å². The van der Waals surface area contributed by atoms with Crippen LogP contribution in [0.25, 0.3) is 11.0 Å². The smallest absolute Gasteiger partial charge is 0.387 e. The number of nitrogens with zero attached hydrogens (tertiary/aromatic N) is 3. The lowest BCUT2D eigenvalue weighted by Crippen LogP contribution is -2.13. The van der Waals surface area contributed by atoms with Crippen molar-refractivity contribution in [1.29, 1.82) is 0 Å². The largest absolute Gasteiger partial charge is 0.435 e. The van der Waals surface area contributed by atoms with E-state index in [0.29, 0.717) is 28.0 Å². The number of fused-ring (bicyclic) bond motifs is 1. The van der Waals surface area contributed by atoms with Crippen LogP contribution in [0.15, 0.2) is 36.5 Å². The predicted molar refractivity (Wildman–Crippen MR) is 93.7 cm³/mol. The zero-order valence-electron chi connectivity index (χ0n) is 14.5. The van der Waals surface area contributed by atoms with Crippen molar-refractivity contribution in [1.82, 2.24) is 14.8 Å². The maximum atomic E-state index is 12.7. The monoisotopic (exact) mass is 360 g/mol. The molecule has 0 saturated heterocycles. The normalized spacial score (nSPS) is 11.3. The molecule has 1 N–H and O–H groups in total. The molecule has 0 fully saturated rings. The van der Waals surface area contributed by atoms with Crippen molar-refractivity contribution in [2.75, 3.05) is 5.32 Å². The highest BCUT2D eigenvalue weighted by Crippen LogP contribution is 2.23. The van der Waals surface area contributed by atoms with Crippen molar-refractivity contribution >= 4 is 22.6 Å². The molecular formula is C18H18F2N4O2. The van der Waals surface area contributed by atoms with Gasteiger partial charge in [0.25, 0.3) is 5.91 Å². The molecular weight excluding hydrogens is 342 g/mol. The van der Waals surface area contributed by atoms with Gasteiger partial charge in [0.1, 0.15) is 5.75 Å². The number of carbonyl (C=O) groups excluding carboxylic acids is 1. The van der Waals surface area contributed by atoms with Crippen LogP contribution in [-0.2, 0) is 0 Å². The van der Waals surface area contributed by atoms with Gasteiger partial charge in [0.05, 0.1) is 17.1 Å². The number of amides is 1. The maximum Gasteiger partial charge on any atom is 0.387 e. The third-order valence-corrected chi connectivity index (χ3v) is 3.77. The summed E-state index contributed by atoms with van der Waals surface area (Å²) >= 11 is 0. The van der Waals surface area contributed by atoms with E-state index < -0.39 is 6.61 Å². The minimum absolute atomic E-state index is 0.0263. The molecule has 8 heteroatoms. The molecule has 0 bridgehead atoms. The van der Waals surface area contributed by atoms with Crippen molar-refractivity contribution in [3.63, 3.8) is 0 Å². The molecule has 3 rings (SSSR count). The Hall–Kier alpha value is -3.03. The van der Waals surface area contributed by atoms with Crippen molar-refractivity contribution in [3.05, 3.63) is 47.8 Å². The number of nitrogens with one attached hydrogen (secondary N) is 1. The average Bonchev–Trinajstić information content (AvgIpc) is 2.99. The molecule has 2 heterocycles. The Morgan fingerprint density at radius 1 is 1.23 bits per heavy atom. The van der Waals surface area contributed by atoms with Crippen LogP contribution in [0.3, 0.4) is 0 Å². The summed E-state index contributed by atoms with van der Waals surface area (Å²) in [7, 11) is 0. The summed E-state index contributed by atoms with van der Waals surface area (Å²) in [6, 6.07) is 7.53. The summed E-state index contributed by atoms with van der Waals surface area (Å²) in [6.07, 6.45) is 1.62. The molecule has 0 saturated carbocycles. The van der Waals surface area contributed by atoms with Crippen LogP contribution in [0.1, 0.15) is 35.9 Å². The average molecular weight is 360 g/mol. The summed E-state index contributed by atoms with van der Waals surface area (Å²) in [5, 5.41) is 7.71. The number of aromatic nitrogens is 3. The topological polar surface area (TPSA) is 69.0 Å². The van der Waals surface area contributed by atoms with Crippen LogP contribution in [0.2, 0.25) is 0 Å². The van der Waals surface area contributed by atoms with Crippen molar-refractivity contribution in [2.45, 2.75) is 33.4 Å². The molecule has 2 aromatic heterocycles. The summed E-state index contributed by atoms with van der Waals surface area (Å²) in [5.74, 6) is -0.301. The number of benzene rings is 1. The van der Waals surface area contributed by atoms with E-state index in [4.69, 9.17) is 0 Å². The molecule has 26 heavy (non-hydrogen) atoms. The van der Waals surface area contributed by atoms with E-state index in [1.54, 1.807) is 16.9 Å². The van der Waals surface area contributed by atoms with Gasteiger partial charge in [-0.05, 0) is 51.1 Å². The number of halogens is 2. The van der Waals surface area contributed by atoms with Gasteiger partial charge in [-0.15, -0.1) is 0 Å². The lowest BCUT2D eigenvalue weighted by molar-refractivity contribution is -0.0498. The summed E-state index contributed by atoms with van der Waals surface area (Å²) in [4.78, 5) is 17.2. The SMILES string of the molecule is Cc1cc(C(=O)Nc2ccc(OC(F)F)cc2)c2cnn(C(C)C)c2n1. The molecule has 1 aromatic carbocycles. The molecule has 6 nitrogen and oxygen atoms in total. The lowest BCUT2D eigenvalue weighted by Gasteiger charge is -2.10. The third kappa shape index (κ3) is 3.63. The number of hydrogen-bond donors (Lipinski definition) is 1. The van der Waals surface area contributed by atoms with E-state index in [1.165, 1.54) is 24.3 Å². The van der Waals surface area contributed by atoms with E-state index in [1.807, 2.05) is 20.8 Å². The zero-order valence-corrected chi connectivity index (χ0v) is 14.5. The van der Waals surface area contributed by atoms with Crippen LogP contribution in [0.5, 0.6) is 5.75 Å². The van der Waals surface area contributed by atoms with Crippen molar-refractivity contribution in [3.8, 4) is 5.75 Å². The van der Waals surface area contributed by atoms with Gasteiger partial charge in [0, 0.05) is 17.4 Å². The number of ether oxygens (including phenoxy) is 1.